The van der Waals surface area contributed by atoms with Crippen molar-refractivity contribution in [3.8, 4) is 17.9 Å². The van der Waals surface area contributed by atoms with E-state index in [-0.39, 0.29) is 6.54 Å². The number of nitriles is 1. The second-order valence-electron chi connectivity index (χ2n) is 5.30. The molecule has 0 aromatic heterocycles. The summed E-state index contributed by atoms with van der Waals surface area (Å²) in [5.41, 5.74) is 1.83. The van der Waals surface area contributed by atoms with Gasteiger partial charge in [0.1, 0.15) is 5.60 Å². The first kappa shape index (κ1) is 15.6. The highest BCUT2D eigenvalue weighted by molar-refractivity contribution is 5.68. The Bertz CT molecular complexity index is 596. The molecule has 0 fully saturated rings. The molecule has 0 aliphatic heterocycles. The smallest absolute Gasteiger partial charge is 0.408 e. The first-order valence-corrected chi connectivity index (χ1v) is 6.28. The van der Waals surface area contributed by atoms with Crippen molar-refractivity contribution < 1.29 is 9.53 Å². The molecule has 0 heterocycles. The van der Waals surface area contributed by atoms with Crippen molar-refractivity contribution in [1.82, 2.24) is 5.32 Å². The van der Waals surface area contributed by atoms with Crippen LogP contribution < -0.4 is 5.32 Å². The van der Waals surface area contributed by atoms with Gasteiger partial charge in [-0.05, 0) is 45.4 Å². The third-order valence-corrected chi connectivity index (χ3v) is 2.31. The molecule has 0 unspecified atom stereocenters. The summed E-state index contributed by atoms with van der Waals surface area (Å²) in [5, 5.41) is 11.4. The number of nitrogens with one attached hydrogen (secondary N) is 1. The van der Waals surface area contributed by atoms with Crippen molar-refractivity contribution in [2.24, 2.45) is 0 Å². The van der Waals surface area contributed by atoms with Gasteiger partial charge in [0, 0.05) is 5.56 Å². The number of alkyl carbamates (subject to hydrolysis) is 1. The van der Waals surface area contributed by atoms with Crippen LogP contribution in [0.4, 0.5) is 4.79 Å². The fourth-order valence-corrected chi connectivity index (χ4v) is 1.40. The van der Waals surface area contributed by atoms with Gasteiger partial charge >= 0.3 is 6.09 Å². The summed E-state index contributed by atoms with van der Waals surface area (Å²) in [4.78, 5) is 11.4. The van der Waals surface area contributed by atoms with E-state index in [4.69, 9.17) is 10.00 Å². The van der Waals surface area contributed by atoms with Gasteiger partial charge in [-0.15, -0.1) is 0 Å². The van der Waals surface area contributed by atoms with Crippen molar-refractivity contribution in [1.29, 1.82) is 5.26 Å². The summed E-state index contributed by atoms with van der Waals surface area (Å²) in [6.07, 6.45) is -0.491. The van der Waals surface area contributed by atoms with E-state index in [1.807, 2.05) is 13.0 Å². The topological polar surface area (TPSA) is 62.1 Å². The van der Waals surface area contributed by atoms with E-state index in [1.54, 1.807) is 32.9 Å². The Labute approximate surface area is 119 Å². The molecule has 1 N–H and O–H groups in total. The van der Waals surface area contributed by atoms with E-state index in [2.05, 4.69) is 23.2 Å². The number of aryl methyl sites for hydroxylation is 1. The Morgan fingerprint density at radius 1 is 1.40 bits per heavy atom. The summed E-state index contributed by atoms with van der Waals surface area (Å²) in [7, 11) is 0. The van der Waals surface area contributed by atoms with Crippen LogP contribution in [0, 0.1) is 30.1 Å². The fraction of sp³-hybridized carbons (Fsp3) is 0.375. The van der Waals surface area contributed by atoms with Gasteiger partial charge in [0.05, 0.1) is 18.2 Å². The monoisotopic (exact) mass is 270 g/mol. The number of nitrogens with zero attached hydrogens (tertiary/aromatic N) is 1. The number of benzene rings is 1. The zero-order valence-corrected chi connectivity index (χ0v) is 12.2. The molecule has 104 valence electrons. The minimum atomic E-state index is -0.519. The molecule has 0 atom stereocenters. The molecule has 4 heteroatoms. The quantitative estimate of drug-likeness (QED) is 0.798. The number of amides is 1. The number of carbonyl (C=O) groups is 1. The lowest BCUT2D eigenvalue weighted by Gasteiger charge is -2.19. The SMILES string of the molecule is Cc1ccc(C#N)cc1C#CCNC(=O)OC(C)(C)C. The van der Waals surface area contributed by atoms with Gasteiger partial charge in [0.25, 0.3) is 0 Å². The molecule has 1 aromatic carbocycles. The van der Waals surface area contributed by atoms with Gasteiger partial charge < -0.3 is 10.1 Å². The lowest BCUT2D eigenvalue weighted by molar-refractivity contribution is 0.0535. The second-order valence-corrected chi connectivity index (χ2v) is 5.30. The number of hydrogen-bond acceptors (Lipinski definition) is 3. The number of carbonyl (C=O) groups excluding carboxylic acids is 1. The van der Waals surface area contributed by atoms with Crippen molar-refractivity contribution in [3.63, 3.8) is 0 Å². The van der Waals surface area contributed by atoms with Crippen LogP contribution in [0.3, 0.4) is 0 Å². The Morgan fingerprint density at radius 2 is 2.10 bits per heavy atom. The third-order valence-electron chi connectivity index (χ3n) is 2.31. The predicted molar refractivity (Wildman–Crippen MR) is 77.0 cm³/mol. The van der Waals surface area contributed by atoms with E-state index < -0.39 is 11.7 Å². The highest BCUT2D eigenvalue weighted by Gasteiger charge is 2.14. The average Bonchev–Trinajstić information content (AvgIpc) is 2.34. The summed E-state index contributed by atoms with van der Waals surface area (Å²) in [6.45, 7) is 7.52. The van der Waals surface area contributed by atoms with Crippen molar-refractivity contribution in [2.45, 2.75) is 33.3 Å². The van der Waals surface area contributed by atoms with Crippen LogP contribution in [-0.4, -0.2) is 18.2 Å². The van der Waals surface area contributed by atoms with Crippen molar-refractivity contribution in [2.75, 3.05) is 6.54 Å². The highest BCUT2D eigenvalue weighted by atomic mass is 16.6. The van der Waals surface area contributed by atoms with Gasteiger partial charge in [0.15, 0.2) is 0 Å². The summed E-state index contributed by atoms with van der Waals surface area (Å²) < 4.78 is 5.09. The Morgan fingerprint density at radius 3 is 2.70 bits per heavy atom. The van der Waals surface area contributed by atoms with Crippen LogP contribution in [0.15, 0.2) is 18.2 Å². The molecule has 1 amide bonds. The Hall–Kier alpha value is -2.46. The maximum Gasteiger partial charge on any atom is 0.408 e. The van der Waals surface area contributed by atoms with Gasteiger partial charge in [-0.3, -0.25) is 0 Å². The minimum absolute atomic E-state index is 0.200. The van der Waals surface area contributed by atoms with Crippen LogP contribution >= 0.6 is 0 Å². The lowest BCUT2D eigenvalue weighted by Crippen LogP contribution is -2.32. The normalized spacial score (nSPS) is 9.95. The zero-order chi connectivity index (χ0) is 15.2. The molecule has 0 aliphatic rings. The molecule has 1 aromatic rings. The van der Waals surface area contributed by atoms with E-state index >= 15 is 0 Å². The zero-order valence-electron chi connectivity index (χ0n) is 12.2. The standard InChI is InChI=1S/C16H18N2O2/c1-12-7-8-13(11-17)10-14(12)6-5-9-18-15(19)20-16(2,3)4/h7-8,10H,9H2,1-4H3,(H,18,19). The van der Waals surface area contributed by atoms with Crippen molar-refractivity contribution in [3.05, 3.63) is 34.9 Å². The molecule has 0 aliphatic carbocycles. The molecule has 4 nitrogen and oxygen atoms in total. The van der Waals surface area contributed by atoms with Gasteiger partial charge in [0.2, 0.25) is 0 Å². The second kappa shape index (κ2) is 6.63. The maximum atomic E-state index is 11.4. The Kier molecular flexibility index (Phi) is 5.17. The van der Waals surface area contributed by atoms with Gasteiger partial charge in [-0.1, -0.05) is 17.9 Å². The first-order valence-electron chi connectivity index (χ1n) is 6.28. The summed E-state index contributed by atoms with van der Waals surface area (Å²) >= 11 is 0. The number of ether oxygens (including phenoxy) is 1. The lowest BCUT2D eigenvalue weighted by atomic mass is 10.1. The summed E-state index contributed by atoms with van der Waals surface area (Å²) in [6, 6.07) is 7.40. The largest absolute Gasteiger partial charge is 0.444 e. The fourth-order valence-electron chi connectivity index (χ4n) is 1.40. The van der Waals surface area contributed by atoms with Crippen LogP contribution in [0.2, 0.25) is 0 Å². The van der Waals surface area contributed by atoms with Crippen LogP contribution in [0.5, 0.6) is 0 Å². The Balaban J connectivity index is 2.60. The van der Waals surface area contributed by atoms with E-state index in [0.29, 0.717) is 5.56 Å². The van der Waals surface area contributed by atoms with E-state index in [9.17, 15) is 4.79 Å². The van der Waals surface area contributed by atoms with Gasteiger partial charge in [-0.2, -0.15) is 5.26 Å². The molecular formula is C16H18N2O2. The molecule has 20 heavy (non-hydrogen) atoms. The first-order chi connectivity index (χ1) is 9.31. The molecule has 0 saturated carbocycles. The van der Waals surface area contributed by atoms with E-state index in [1.165, 1.54) is 0 Å². The van der Waals surface area contributed by atoms with Crippen LogP contribution in [0.25, 0.3) is 0 Å². The van der Waals surface area contributed by atoms with Gasteiger partial charge in [-0.25, -0.2) is 4.79 Å². The summed E-state index contributed by atoms with van der Waals surface area (Å²) in [5.74, 6) is 5.77. The molecule has 1 rings (SSSR count). The molecule has 0 radical (unpaired) electrons. The van der Waals surface area contributed by atoms with Crippen LogP contribution in [-0.2, 0) is 4.74 Å². The minimum Gasteiger partial charge on any atom is -0.444 e. The number of rotatable bonds is 1. The molecule has 0 bridgehead atoms. The maximum absolute atomic E-state index is 11.4. The predicted octanol–water partition coefficient (Wildman–Crippen LogP) is 2.74. The third kappa shape index (κ3) is 5.46. The molecular weight excluding hydrogens is 252 g/mol. The van der Waals surface area contributed by atoms with Crippen molar-refractivity contribution >= 4 is 6.09 Å². The van der Waals surface area contributed by atoms with E-state index in [0.717, 1.165) is 11.1 Å². The molecule has 0 spiro atoms. The number of hydrogen-bond donors (Lipinski definition) is 1. The average molecular weight is 270 g/mol. The van der Waals surface area contributed by atoms with Crippen LogP contribution in [0.1, 0.15) is 37.5 Å². The highest BCUT2D eigenvalue weighted by Crippen LogP contribution is 2.09. The molecule has 0 saturated heterocycles.